The van der Waals surface area contributed by atoms with E-state index in [4.69, 9.17) is 0 Å². The summed E-state index contributed by atoms with van der Waals surface area (Å²) in [5.41, 5.74) is 1.43. The molecule has 0 aromatic heterocycles. The first-order chi connectivity index (χ1) is 13.9. The van der Waals surface area contributed by atoms with E-state index >= 15 is 0 Å². The summed E-state index contributed by atoms with van der Waals surface area (Å²) in [7, 11) is 3.54. The number of carbonyl (C=O) groups excluding carboxylic acids is 2. The van der Waals surface area contributed by atoms with Crippen molar-refractivity contribution in [1.29, 1.82) is 0 Å². The van der Waals surface area contributed by atoms with E-state index in [1.807, 2.05) is 35.2 Å². The van der Waals surface area contributed by atoms with Crippen molar-refractivity contribution in [3.63, 3.8) is 0 Å². The Morgan fingerprint density at radius 3 is 2.34 bits per heavy atom. The lowest BCUT2D eigenvalue weighted by atomic mass is 10.0. The fourth-order valence-corrected chi connectivity index (χ4v) is 3.54. The van der Waals surface area contributed by atoms with E-state index in [0.717, 1.165) is 5.56 Å². The molecule has 154 valence electrons. The number of piperazine rings is 1. The van der Waals surface area contributed by atoms with Crippen LogP contribution in [0, 0.1) is 5.82 Å². The highest BCUT2D eigenvalue weighted by Gasteiger charge is 2.31. The average Bonchev–Trinajstić information content (AvgIpc) is 2.70. The summed E-state index contributed by atoms with van der Waals surface area (Å²) in [4.78, 5) is 30.9. The third-order valence-corrected chi connectivity index (χ3v) is 5.04. The highest BCUT2D eigenvalue weighted by atomic mass is 19.1. The van der Waals surface area contributed by atoms with Gasteiger partial charge in [-0.3, -0.25) is 19.4 Å². The Bertz CT molecular complexity index is 836. The molecule has 1 atom stereocenters. The predicted octanol–water partition coefficient (Wildman–Crippen LogP) is 2.21. The van der Waals surface area contributed by atoms with Gasteiger partial charge in [0, 0.05) is 46.0 Å². The van der Waals surface area contributed by atoms with Crippen molar-refractivity contribution in [2.75, 3.05) is 52.1 Å². The molecule has 1 N–H and O–H groups in total. The Morgan fingerprint density at radius 2 is 1.72 bits per heavy atom. The molecule has 7 heteroatoms. The van der Waals surface area contributed by atoms with E-state index in [1.165, 1.54) is 12.1 Å². The zero-order valence-electron chi connectivity index (χ0n) is 16.8. The number of halogens is 1. The maximum atomic E-state index is 13.3. The highest BCUT2D eigenvalue weighted by Crippen LogP contribution is 2.24. The molecule has 1 aliphatic heterocycles. The summed E-state index contributed by atoms with van der Waals surface area (Å²) in [5.74, 6) is -0.504. The van der Waals surface area contributed by atoms with Gasteiger partial charge >= 0.3 is 0 Å². The SMILES string of the molecule is CN(C)C(=O)[C@@H](c1ccccc1)N1CCN(CC(=O)Nc2cccc(F)c2)CC1. The van der Waals surface area contributed by atoms with Gasteiger partial charge in [-0.05, 0) is 23.8 Å². The first-order valence-electron chi connectivity index (χ1n) is 9.72. The fraction of sp³-hybridized carbons (Fsp3) is 0.364. The molecule has 6 nitrogen and oxygen atoms in total. The van der Waals surface area contributed by atoms with Gasteiger partial charge in [0.2, 0.25) is 11.8 Å². The molecule has 1 saturated heterocycles. The lowest BCUT2D eigenvalue weighted by molar-refractivity contribution is -0.135. The van der Waals surface area contributed by atoms with Gasteiger partial charge in [-0.25, -0.2) is 4.39 Å². The van der Waals surface area contributed by atoms with Crippen LogP contribution in [0.25, 0.3) is 0 Å². The van der Waals surface area contributed by atoms with Gasteiger partial charge in [0.05, 0.1) is 6.54 Å². The van der Waals surface area contributed by atoms with Crippen molar-refractivity contribution in [3.8, 4) is 0 Å². The third kappa shape index (κ3) is 5.62. The van der Waals surface area contributed by atoms with E-state index in [1.54, 1.807) is 31.1 Å². The van der Waals surface area contributed by atoms with Crippen molar-refractivity contribution in [2.45, 2.75) is 6.04 Å². The molecular weight excluding hydrogens is 371 g/mol. The first kappa shape index (κ1) is 21.0. The van der Waals surface area contributed by atoms with Gasteiger partial charge < -0.3 is 10.2 Å². The molecule has 2 aromatic rings. The first-order valence-corrected chi connectivity index (χ1v) is 9.72. The van der Waals surface area contributed by atoms with E-state index in [2.05, 4.69) is 10.2 Å². The molecule has 1 heterocycles. The van der Waals surface area contributed by atoms with Crippen molar-refractivity contribution in [2.24, 2.45) is 0 Å². The quantitative estimate of drug-likeness (QED) is 0.811. The van der Waals surface area contributed by atoms with Crippen LogP contribution in [0.15, 0.2) is 54.6 Å². The molecule has 0 aliphatic carbocycles. The summed E-state index contributed by atoms with van der Waals surface area (Å²) in [5, 5.41) is 2.73. The van der Waals surface area contributed by atoms with Crippen molar-refractivity contribution in [3.05, 3.63) is 66.0 Å². The van der Waals surface area contributed by atoms with Crippen molar-refractivity contribution < 1.29 is 14.0 Å². The molecule has 29 heavy (non-hydrogen) atoms. The molecule has 2 amide bonds. The third-order valence-electron chi connectivity index (χ3n) is 5.04. The summed E-state index contributed by atoms with van der Waals surface area (Å²) in [6.45, 7) is 2.97. The second-order valence-corrected chi connectivity index (χ2v) is 7.42. The molecule has 1 fully saturated rings. The van der Waals surface area contributed by atoms with Crippen LogP contribution in [0.1, 0.15) is 11.6 Å². The normalized spacial score (nSPS) is 16.2. The van der Waals surface area contributed by atoms with Crippen LogP contribution in [0.5, 0.6) is 0 Å². The van der Waals surface area contributed by atoms with Crippen LogP contribution in [-0.4, -0.2) is 73.3 Å². The van der Waals surface area contributed by atoms with Crippen LogP contribution >= 0.6 is 0 Å². The van der Waals surface area contributed by atoms with Crippen molar-refractivity contribution in [1.82, 2.24) is 14.7 Å². The van der Waals surface area contributed by atoms with Gasteiger partial charge in [0.15, 0.2) is 0 Å². The number of hydrogen-bond donors (Lipinski definition) is 1. The summed E-state index contributed by atoms with van der Waals surface area (Å²) in [6.07, 6.45) is 0. The molecule has 3 rings (SSSR count). The fourth-order valence-electron chi connectivity index (χ4n) is 3.54. The number of amides is 2. The minimum absolute atomic E-state index is 0.0495. The lowest BCUT2D eigenvalue weighted by Gasteiger charge is -2.39. The standard InChI is InChI=1S/C22H27FN4O2/c1-25(2)22(29)21(17-7-4-3-5-8-17)27-13-11-26(12-14-27)16-20(28)24-19-10-6-9-18(23)15-19/h3-10,15,21H,11-14,16H2,1-2H3,(H,24,28)/t21-/m1/s1. The minimum atomic E-state index is -0.381. The summed E-state index contributed by atoms with van der Waals surface area (Å²) >= 11 is 0. The van der Waals surface area contributed by atoms with Gasteiger partial charge in [0.25, 0.3) is 0 Å². The van der Waals surface area contributed by atoms with Crippen molar-refractivity contribution >= 4 is 17.5 Å². The van der Waals surface area contributed by atoms with E-state index in [9.17, 15) is 14.0 Å². The number of nitrogens with zero attached hydrogens (tertiary/aromatic N) is 3. The van der Waals surface area contributed by atoms with E-state index < -0.39 is 0 Å². The van der Waals surface area contributed by atoms with Crippen LogP contribution in [0.4, 0.5) is 10.1 Å². The smallest absolute Gasteiger partial charge is 0.244 e. The molecule has 0 spiro atoms. The zero-order valence-corrected chi connectivity index (χ0v) is 16.8. The Morgan fingerprint density at radius 1 is 1.03 bits per heavy atom. The number of benzene rings is 2. The molecule has 1 aliphatic rings. The van der Waals surface area contributed by atoms with Gasteiger partial charge in [-0.1, -0.05) is 36.4 Å². The summed E-state index contributed by atoms with van der Waals surface area (Å²) in [6, 6.07) is 15.3. The maximum Gasteiger partial charge on any atom is 0.244 e. The molecule has 2 aromatic carbocycles. The summed E-state index contributed by atoms with van der Waals surface area (Å²) < 4.78 is 13.3. The van der Waals surface area contributed by atoms with Gasteiger partial charge in [0.1, 0.15) is 11.9 Å². The number of likely N-dealkylation sites (N-methyl/N-ethyl adjacent to an activating group) is 1. The maximum absolute atomic E-state index is 13.3. The van der Waals surface area contributed by atoms with Gasteiger partial charge in [-0.2, -0.15) is 0 Å². The molecule has 0 radical (unpaired) electrons. The van der Waals surface area contributed by atoms with Crippen LogP contribution in [0.2, 0.25) is 0 Å². The van der Waals surface area contributed by atoms with Crippen LogP contribution in [0.3, 0.4) is 0 Å². The Kier molecular flexibility index (Phi) is 6.95. The molecule has 0 saturated carbocycles. The zero-order chi connectivity index (χ0) is 20.8. The Hall–Kier alpha value is -2.77. The number of rotatable bonds is 6. The second kappa shape index (κ2) is 9.62. The monoisotopic (exact) mass is 398 g/mol. The van der Waals surface area contributed by atoms with Gasteiger partial charge in [-0.15, -0.1) is 0 Å². The van der Waals surface area contributed by atoms with E-state index in [0.29, 0.717) is 31.9 Å². The Labute approximate surface area is 170 Å². The number of carbonyl (C=O) groups is 2. The van der Waals surface area contributed by atoms with E-state index in [-0.39, 0.29) is 30.2 Å². The molecule has 0 unspecified atom stereocenters. The lowest BCUT2D eigenvalue weighted by Crippen LogP contribution is -2.52. The molecule has 0 bridgehead atoms. The number of anilines is 1. The molecular formula is C22H27FN4O2. The van der Waals surface area contributed by atoms with Crippen LogP contribution < -0.4 is 5.32 Å². The minimum Gasteiger partial charge on any atom is -0.347 e. The Balaban J connectivity index is 1.58. The second-order valence-electron chi connectivity index (χ2n) is 7.42. The largest absolute Gasteiger partial charge is 0.347 e. The topological polar surface area (TPSA) is 55.9 Å². The van der Waals surface area contributed by atoms with Crippen LogP contribution in [-0.2, 0) is 9.59 Å². The number of nitrogens with one attached hydrogen (secondary N) is 1. The average molecular weight is 398 g/mol. The number of hydrogen-bond acceptors (Lipinski definition) is 4. The predicted molar refractivity (Wildman–Crippen MR) is 111 cm³/mol. The highest BCUT2D eigenvalue weighted by molar-refractivity contribution is 5.92.